The fraction of sp³-hybridized carbons (Fsp3) is 0.588. The fourth-order valence-electron chi connectivity index (χ4n) is 3.80. The minimum absolute atomic E-state index is 0. The van der Waals surface area contributed by atoms with Crippen molar-refractivity contribution in [3.63, 3.8) is 0 Å². The molecule has 2 fully saturated rings. The zero-order chi connectivity index (χ0) is 17.1. The molecule has 1 amide bonds. The van der Waals surface area contributed by atoms with Crippen LogP contribution in [0.4, 0.5) is 11.4 Å². The number of likely N-dealkylation sites (tertiary alicyclic amines) is 1. The molecule has 0 radical (unpaired) electrons. The van der Waals surface area contributed by atoms with Gasteiger partial charge in [-0.3, -0.25) is 14.9 Å². The smallest absolute Gasteiger partial charge is 0.292 e. The third-order valence-electron chi connectivity index (χ3n) is 5.23. The molecular weight excluding hydrogens is 344 g/mol. The van der Waals surface area contributed by atoms with Crippen molar-refractivity contribution in [3.8, 4) is 0 Å². The predicted octanol–water partition coefficient (Wildman–Crippen LogP) is 1.91. The Balaban J connectivity index is 0.00000225. The average Bonchev–Trinajstić information content (AvgIpc) is 2.93. The summed E-state index contributed by atoms with van der Waals surface area (Å²) in [5.74, 6) is 1.40. The molecule has 1 aromatic rings. The van der Waals surface area contributed by atoms with Gasteiger partial charge in [0, 0.05) is 26.2 Å². The molecule has 2 aliphatic heterocycles. The number of carbonyl (C=O) groups is 1. The molecule has 138 valence electrons. The monoisotopic (exact) mass is 368 g/mol. The number of hydrogen-bond acceptors (Lipinski definition) is 5. The standard InChI is InChI=1S/C17H24N4O3.ClH/c1-19(15-4-2-3-5-16(15)21(23)24)12-17(22)20-8-6-13-10-18-11-14(13)7-9-20;/h2-5,13-14,18H,6-12H2,1H3;1H/t13-,14+;. The van der Waals surface area contributed by atoms with Gasteiger partial charge in [0.15, 0.2) is 0 Å². The van der Waals surface area contributed by atoms with Crippen LogP contribution >= 0.6 is 12.4 Å². The van der Waals surface area contributed by atoms with Gasteiger partial charge in [0.1, 0.15) is 5.69 Å². The van der Waals surface area contributed by atoms with Gasteiger partial charge in [-0.1, -0.05) is 12.1 Å². The van der Waals surface area contributed by atoms with Crippen molar-refractivity contribution < 1.29 is 9.72 Å². The number of para-hydroxylation sites is 2. The summed E-state index contributed by atoms with van der Waals surface area (Å²) in [7, 11) is 1.73. The Morgan fingerprint density at radius 2 is 1.88 bits per heavy atom. The van der Waals surface area contributed by atoms with Crippen LogP contribution in [0.5, 0.6) is 0 Å². The van der Waals surface area contributed by atoms with Crippen LogP contribution in [-0.2, 0) is 4.79 Å². The van der Waals surface area contributed by atoms with Gasteiger partial charge >= 0.3 is 0 Å². The van der Waals surface area contributed by atoms with Crippen molar-refractivity contribution in [2.45, 2.75) is 12.8 Å². The van der Waals surface area contributed by atoms with Crippen molar-refractivity contribution in [2.24, 2.45) is 11.8 Å². The number of rotatable bonds is 4. The number of amides is 1. The molecule has 25 heavy (non-hydrogen) atoms. The van der Waals surface area contributed by atoms with Gasteiger partial charge in [0.05, 0.1) is 11.5 Å². The topological polar surface area (TPSA) is 78.7 Å². The summed E-state index contributed by atoms with van der Waals surface area (Å²) in [4.78, 5) is 27.0. The molecule has 3 rings (SSSR count). The first-order chi connectivity index (χ1) is 11.6. The lowest BCUT2D eigenvalue weighted by molar-refractivity contribution is -0.384. The highest BCUT2D eigenvalue weighted by atomic mass is 35.5. The molecule has 0 bridgehead atoms. The molecule has 0 unspecified atom stereocenters. The molecular formula is C17H25ClN4O3. The Hall–Kier alpha value is -1.86. The fourth-order valence-corrected chi connectivity index (χ4v) is 3.80. The summed E-state index contributed by atoms with van der Waals surface area (Å²) in [5.41, 5.74) is 0.510. The number of carbonyl (C=O) groups excluding carboxylic acids is 1. The maximum Gasteiger partial charge on any atom is 0.292 e. The number of nitro benzene ring substituents is 1. The zero-order valence-corrected chi connectivity index (χ0v) is 15.2. The average molecular weight is 369 g/mol. The molecule has 0 spiro atoms. The van der Waals surface area contributed by atoms with Gasteiger partial charge in [-0.15, -0.1) is 12.4 Å². The SMILES string of the molecule is CN(CC(=O)N1CC[C@@H]2CNC[C@@H]2CC1)c1ccccc1[N+](=O)[O-].Cl. The van der Waals surface area contributed by atoms with Crippen LogP contribution < -0.4 is 10.2 Å². The van der Waals surface area contributed by atoms with Gasteiger partial charge < -0.3 is 15.1 Å². The molecule has 1 aromatic carbocycles. The van der Waals surface area contributed by atoms with Crippen LogP contribution in [0, 0.1) is 22.0 Å². The highest BCUT2D eigenvalue weighted by Crippen LogP contribution is 2.28. The van der Waals surface area contributed by atoms with E-state index in [2.05, 4.69) is 5.32 Å². The van der Waals surface area contributed by atoms with Crippen LogP contribution in [0.1, 0.15) is 12.8 Å². The maximum atomic E-state index is 12.6. The molecule has 0 aromatic heterocycles. The zero-order valence-electron chi connectivity index (χ0n) is 14.4. The molecule has 2 atom stereocenters. The second kappa shape index (κ2) is 8.49. The largest absolute Gasteiger partial charge is 0.360 e. The van der Waals surface area contributed by atoms with Crippen molar-refractivity contribution in [3.05, 3.63) is 34.4 Å². The highest BCUT2D eigenvalue weighted by molar-refractivity contribution is 5.85. The number of nitrogens with zero attached hydrogens (tertiary/aromatic N) is 3. The summed E-state index contributed by atoms with van der Waals surface area (Å²) in [6.45, 7) is 3.85. The number of nitro groups is 1. The summed E-state index contributed by atoms with van der Waals surface area (Å²) in [6.07, 6.45) is 2.08. The predicted molar refractivity (Wildman–Crippen MR) is 99.3 cm³/mol. The van der Waals surface area contributed by atoms with E-state index in [4.69, 9.17) is 0 Å². The summed E-state index contributed by atoms with van der Waals surface area (Å²) in [6, 6.07) is 6.54. The van der Waals surface area contributed by atoms with Crippen LogP contribution in [0.15, 0.2) is 24.3 Å². The normalized spacial score (nSPS) is 22.5. The molecule has 2 aliphatic rings. The minimum atomic E-state index is -0.406. The second-order valence-corrected chi connectivity index (χ2v) is 6.74. The number of halogens is 1. The van der Waals surface area contributed by atoms with E-state index in [-0.39, 0.29) is 30.5 Å². The highest BCUT2D eigenvalue weighted by Gasteiger charge is 2.31. The van der Waals surface area contributed by atoms with Crippen LogP contribution in [0.2, 0.25) is 0 Å². The van der Waals surface area contributed by atoms with Crippen LogP contribution in [0.25, 0.3) is 0 Å². The number of likely N-dealkylation sites (N-methyl/N-ethyl adjacent to an activating group) is 1. The van der Waals surface area contributed by atoms with E-state index in [0.29, 0.717) is 17.5 Å². The molecule has 8 heteroatoms. The van der Waals surface area contributed by atoms with Crippen molar-refractivity contribution in [1.29, 1.82) is 0 Å². The molecule has 7 nitrogen and oxygen atoms in total. The van der Waals surface area contributed by atoms with Gasteiger partial charge in [0.2, 0.25) is 5.91 Å². The number of benzene rings is 1. The Morgan fingerprint density at radius 3 is 2.48 bits per heavy atom. The van der Waals surface area contributed by atoms with Crippen molar-refractivity contribution >= 4 is 29.7 Å². The van der Waals surface area contributed by atoms with Gasteiger partial charge in [-0.2, -0.15) is 0 Å². The van der Waals surface area contributed by atoms with E-state index >= 15 is 0 Å². The molecule has 0 saturated carbocycles. The molecule has 2 heterocycles. The van der Waals surface area contributed by atoms with E-state index in [1.54, 1.807) is 30.1 Å². The third kappa shape index (κ3) is 4.41. The van der Waals surface area contributed by atoms with Gasteiger partial charge in [-0.25, -0.2) is 0 Å². The number of nitrogens with one attached hydrogen (secondary N) is 1. The summed E-state index contributed by atoms with van der Waals surface area (Å²) >= 11 is 0. The Bertz CT molecular complexity index is 614. The van der Waals surface area contributed by atoms with Gasteiger partial charge in [0.25, 0.3) is 5.69 Å². The molecule has 1 N–H and O–H groups in total. The van der Waals surface area contributed by atoms with Crippen LogP contribution in [-0.4, -0.2) is 55.5 Å². The quantitative estimate of drug-likeness (QED) is 0.648. The maximum absolute atomic E-state index is 12.6. The van der Waals surface area contributed by atoms with E-state index < -0.39 is 4.92 Å². The summed E-state index contributed by atoms with van der Waals surface area (Å²) < 4.78 is 0. The first-order valence-corrected chi connectivity index (χ1v) is 8.49. The lowest BCUT2D eigenvalue weighted by Gasteiger charge is -2.25. The third-order valence-corrected chi connectivity index (χ3v) is 5.23. The van der Waals surface area contributed by atoms with E-state index in [9.17, 15) is 14.9 Å². The first-order valence-electron chi connectivity index (χ1n) is 8.49. The molecule has 0 aliphatic carbocycles. The number of fused-ring (bicyclic) bond motifs is 1. The van der Waals surface area contributed by atoms with E-state index in [1.165, 1.54) is 6.07 Å². The van der Waals surface area contributed by atoms with Crippen molar-refractivity contribution in [2.75, 3.05) is 44.7 Å². The lowest BCUT2D eigenvalue weighted by atomic mass is 9.92. The second-order valence-electron chi connectivity index (χ2n) is 6.74. The Labute approximate surface area is 153 Å². The van der Waals surface area contributed by atoms with Gasteiger partial charge in [-0.05, 0) is 43.8 Å². The minimum Gasteiger partial charge on any atom is -0.360 e. The Kier molecular flexibility index (Phi) is 6.61. The van der Waals surface area contributed by atoms with E-state index in [0.717, 1.165) is 39.0 Å². The first kappa shape index (κ1) is 19.5. The number of hydrogen-bond donors (Lipinski definition) is 1. The molecule has 2 saturated heterocycles. The summed E-state index contributed by atoms with van der Waals surface area (Å²) in [5, 5.41) is 14.6. The van der Waals surface area contributed by atoms with E-state index in [1.807, 2.05) is 4.90 Å². The Morgan fingerprint density at radius 1 is 1.28 bits per heavy atom. The van der Waals surface area contributed by atoms with Crippen molar-refractivity contribution in [1.82, 2.24) is 10.2 Å². The van der Waals surface area contributed by atoms with Crippen LogP contribution in [0.3, 0.4) is 0 Å². The lowest BCUT2D eigenvalue weighted by Crippen LogP contribution is -2.40. The number of anilines is 1.